The predicted octanol–water partition coefficient (Wildman–Crippen LogP) is 3.46. The highest BCUT2D eigenvalue weighted by Gasteiger charge is 2.13. The number of nitrogens with two attached hydrogens (primary N) is 1. The van der Waals surface area contributed by atoms with Gasteiger partial charge in [-0.2, -0.15) is 0 Å². The van der Waals surface area contributed by atoms with E-state index in [1.165, 1.54) is 13.3 Å². The second-order valence-corrected chi connectivity index (χ2v) is 5.72. The van der Waals surface area contributed by atoms with Crippen LogP contribution < -0.4 is 5.73 Å². The van der Waals surface area contributed by atoms with Crippen molar-refractivity contribution in [2.24, 2.45) is 5.73 Å². The van der Waals surface area contributed by atoms with Crippen molar-refractivity contribution in [1.82, 2.24) is 0 Å². The van der Waals surface area contributed by atoms with Crippen LogP contribution in [0.15, 0.2) is 29.0 Å². The van der Waals surface area contributed by atoms with Gasteiger partial charge in [0.2, 0.25) is 0 Å². The molecule has 13 heavy (non-hydrogen) atoms. The van der Waals surface area contributed by atoms with Crippen LogP contribution in [0.5, 0.6) is 0 Å². The van der Waals surface area contributed by atoms with E-state index in [2.05, 4.69) is 45.5 Å². The van der Waals surface area contributed by atoms with E-state index >= 15 is 0 Å². The molecule has 0 aromatic carbocycles. The normalized spacial score (nSPS) is 13.1. The Hall–Kier alpha value is 0.0900. The lowest BCUT2D eigenvalue weighted by Gasteiger charge is -2.07. The van der Waals surface area contributed by atoms with Crippen molar-refractivity contribution in [1.29, 1.82) is 0 Å². The van der Waals surface area contributed by atoms with Gasteiger partial charge in [-0.3, -0.25) is 0 Å². The van der Waals surface area contributed by atoms with E-state index in [0.717, 1.165) is 0 Å². The standard InChI is InChI=1S/C9H8INS2/c10-6-3-5-13-9(6)8(11)7-2-1-4-12-7/h1-5,8H,11H2. The van der Waals surface area contributed by atoms with E-state index in [9.17, 15) is 0 Å². The van der Waals surface area contributed by atoms with Crippen molar-refractivity contribution in [3.8, 4) is 0 Å². The van der Waals surface area contributed by atoms with Gasteiger partial charge in [-0.05, 0) is 45.5 Å². The third-order valence-corrected chi connectivity index (χ3v) is 5.04. The van der Waals surface area contributed by atoms with Gasteiger partial charge in [0.25, 0.3) is 0 Å². The molecule has 4 heteroatoms. The molecule has 68 valence electrons. The average Bonchev–Trinajstić information content (AvgIpc) is 2.72. The molecule has 2 N–H and O–H groups in total. The van der Waals surface area contributed by atoms with Gasteiger partial charge in [0.15, 0.2) is 0 Å². The molecule has 2 aromatic rings. The molecule has 0 amide bonds. The second kappa shape index (κ2) is 4.08. The fourth-order valence-electron chi connectivity index (χ4n) is 1.12. The van der Waals surface area contributed by atoms with E-state index in [-0.39, 0.29) is 6.04 Å². The molecule has 1 unspecified atom stereocenters. The van der Waals surface area contributed by atoms with Crippen LogP contribution >= 0.6 is 45.3 Å². The molecule has 0 bridgehead atoms. The summed E-state index contributed by atoms with van der Waals surface area (Å²) in [6.07, 6.45) is 0. The maximum atomic E-state index is 6.12. The van der Waals surface area contributed by atoms with E-state index < -0.39 is 0 Å². The molecule has 0 saturated carbocycles. The van der Waals surface area contributed by atoms with E-state index in [1.807, 2.05) is 6.07 Å². The summed E-state index contributed by atoms with van der Waals surface area (Å²) in [7, 11) is 0. The smallest absolute Gasteiger partial charge is 0.0750 e. The first-order valence-electron chi connectivity index (χ1n) is 3.81. The Kier molecular flexibility index (Phi) is 3.02. The van der Waals surface area contributed by atoms with Gasteiger partial charge < -0.3 is 5.73 Å². The number of hydrogen-bond acceptors (Lipinski definition) is 3. The molecule has 0 aliphatic carbocycles. The van der Waals surface area contributed by atoms with Crippen LogP contribution in [0.4, 0.5) is 0 Å². The minimum absolute atomic E-state index is 0.0619. The lowest BCUT2D eigenvalue weighted by atomic mass is 10.2. The van der Waals surface area contributed by atoms with E-state index in [4.69, 9.17) is 5.73 Å². The van der Waals surface area contributed by atoms with E-state index in [0.29, 0.717) is 0 Å². The first-order chi connectivity index (χ1) is 6.29. The third kappa shape index (κ3) is 1.96. The Bertz CT molecular complexity index is 380. The summed E-state index contributed by atoms with van der Waals surface area (Å²) < 4.78 is 1.27. The summed E-state index contributed by atoms with van der Waals surface area (Å²) in [4.78, 5) is 2.50. The number of thiophene rings is 2. The van der Waals surface area contributed by atoms with Crippen LogP contribution in [0.25, 0.3) is 0 Å². The highest BCUT2D eigenvalue weighted by molar-refractivity contribution is 14.1. The molecule has 0 radical (unpaired) electrons. The van der Waals surface area contributed by atoms with Crippen LogP contribution in [-0.2, 0) is 0 Å². The maximum Gasteiger partial charge on any atom is 0.0750 e. The fourth-order valence-corrected chi connectivity index (χ4v) is 3.88. The van der Waals surface area contributed by atoms with Crippen molar-refractivity contribution >= 4 is 45.3 Å². The summed E-state index contributed by atoms with van der Waals surface area (Å²) in [5.41, 5.74) is 6.12. The number of rotatable bonds is 2. The minimum atomic E-state index is 0.0619. The monoisotopic (exact) mass is 321 g/mol. The molecule has 0 saturated heterocycles. The third-order valence-electron chi connectivity index (χ3n) is 1.78. The van der Waals surface area contributed by atoms with Gasteiger partial charge in [0.1, 0.15) is 0 Å². The Balaban J connectivity index is 2.33. The van der Waals surface area contributed by atoms with Crippen molar-refractivity contribution < 1.29 is 0 Å². The van der Waals surface area contributed by atoms with Gasteiger partial charge in [0.05, 0.1) is 6.04 Å². The Morgan fingerprint density at radius 2 is 2.08 bits per heavy atom. The highest BCUT2D eigenvalue weighted by atomic mass is 127. The van der Waals surface area contributed by atoms with Crippen LogP contribution in [0.3, 0.4) is 0 Å². The first-order valence-corrected chi connectivity index (χ1v) is 6.64. The van der Waals surface area contributed by atoms with Gasteiger partial charge >= 0.3 is 0 Å². The van der Waals surface area contributed by atoms with Crippen LogP contribution in [0.2, 0.25) is 0 Å². The number of halogens is 1. The average molecular weight is 321 g/mol. The lowest BCUT2D eigenvalue weighted by Crippen LogP contribution is -2.09. The molecule has 2 rings (SSSR count). The van der Waals surface area contributed by atoms with Crippen LogP contribution in [0.1, 0.15) is 15.8 Å². The zero-order chi connectivity index (χ0) is 9.26. The largest absolute Gasteiger partial charge is 0.319 e. The molecular weight excluding hydrogens is 313 g/mol. The molecular formula is C9H8INS2. The Morgan fingerprint density at radius 3 is 2.62 bits per heavy atom. The van der Waals surface area contributed by atoms with Crippen molar-refractivity contribution in [2.75, 3.05) is 0 Å². The van der Waals surface area contributed by atoms with Crippen molar-refractivity contribution in [2.45, 2.75) is 6.04 Å². The minimum Gasteiger partial charge on any atom is -0.319 e. The molecule has 2 aromatic heterocycles. The van der Waals surface area contributed by atoms with Gasteiger partial charge in [0, 0.05) is 13.3 Å². The van der Waals surface area contributed by atoms with Gasteiger partial charge in [-0.15, -0.1) is 22.7 Å². The topological polar surface area (TPSA) is 26.0 Å². The van der Waals surface area contributed by atoms with Crippen LogP contribution in [-0.4, -0.2) is 0 Å². The molecule has 2 heterocycles. The molecule has 1 nitrogen and oxygen atoms in total. The zero-order valence-electron chi connectivity index (χ0n) is 6.74. The summed E-state index contributed by atoms with van der Waals surface area (Å²) in [6.45, 7) is 0. The summed E-state index contributed by atoms with van der Waals surface area (Å²) >= 11 is 5.78. The van der Waals surface area contributed by atoms with Crippen molar-refractivity contribution in [3.63, 3.8) is 0 Å². The van der Waals surface area contributed by atoms with E-state index in [1.54, 1.807) is 22.7 Å². The zero-order valence-corrected chi connectivity index (χ0v) is 10.5. The van der Waals surface area contributed by atoms with Gasteiger partial charge in [-0.1, -0.05) is 6.07 Å². The Labute approximate surface area is 98.7 Å². The summed E-state index contributed by atoms with van der Waals surface area (Å²) in [5.74, 6) is 0. The van der Waals surface area contributed by atoms with Gasteiger partial charge in [-0.25, -0.2) is 0 Å². The quantitative estimate of drug-likeness (QED) is 0.842. The molecule has 0 spiro atoms. The summed E-state index contributed by atoms with van der Waals surface area (Å²) in [6, 6.07) is 6.30. The van der Waals surface area contributed by atoms with Crippen molar-refractivity contribution in [3.05, 3.63) is 42.3 Å². The molecule has 1 atom stereocenters. The highest BCUT2D eigenvalue weighted by Crippen LogP contribution is 2.30. The first kappa shape index (κ1) is 9.64. The lowest BCUT2D eigenvalue weighted by molar-refractivity contribution is 0.912. The maximum absolute atomic E-state index is 6.12. The second-order valence-electron chi connectivity index (χ2n) is 2.63. The number of hydrogen-bond donors (Lipinski definition) is 1. The SMILES string of the molecule is NC(c1cccs1)c1sccc1I. The predicted molar refractivity (Wildman–Crippen MR) is 67.4 cm³/mol. The Morgan fingerprint density at radius 1 is 1.23 bits per heavy atom. The fraction of sp³-hybridized carbons (Fsp3) is 0.111. The molecule has 0 aliphatic rings. The van der Waals surface area contributed by atoms with Crippen LogP contribution in [0, 0.1) is 3.57 Å². The summed E-state index contributed by atoms with van der Waals surface area (Å²) in [5, 5.41) is 4.15. The molecule has 0 fully saturated rings. The molecule has 0 aliphatic heterocycles.